The Balaban J connectivity index is 0.831. The van der Waals surface area contributed by atoms with E-state index >= 15 is 0 Å². The van der Waals surface area contributed by atoms with Crippen LogP contribution < -0.4 is 10.4 Å². The number of fused-ring (bicyclic) bond motifs is 11. The molecule has 334 valence electrons. The molecule has 0 fully saturated rings. The van der Waals surface area contributed by atoms with E-state index in [0.717, 1.165) is 0 Å². The van der Waals surface area contributed by atoms with E-state index < -0.39 is 9.52 Å². The molecule has 0 atom stereocenters. The number of nitrogens with zero attached hydrogens (tertiary/aromatic N) is 1. The standard InChI is InChI=1S/C70H45NSi/c1-4-16-55-46(11-1)14-9-21-57(55)48-27-23-44(24-28-48)50-32-37-67-65(39-50)66-40-51(45-25-29-49(30-26-45)58-22-10-15-47-12-2-5-17-56(47)58)33-38-68(66)71(67)54-34-36-63-62-35-31-53(42-69(62)72-70(63)43-54)64-41-52-13-3-6-18-59(52)60-19-7-8-20-61(60)64/h1-43H,72H2. The zero-order valence-corrected chi connectivity index (χ0v) is 40.9. The third-order valence-corrected chi connectivity index (χ3v) is 17.5. The van der Waals surface area contributed by atoms with E-state index in [1.165, 1.54) is 148 Å². The van der Waals surface area contributed by atoms with Gasteiger partial charge in [0.1, 0.15) is 0 Å². The lowest BCUT2D eigenvalue weighted by Crippen LogP contribution is -2.21. The van der Waals surface area contributed by atoms with Gasteiger partial charge in [-0.1, -0.05) is 229 Å². The van der Waals surface area contributed by atoms with Crippen LogP contribution in [0.2, 0.25) is 0 Å². The topological polar surface area (TPSA) is 4.93 Å². The van der Waals surface area contributed by atoms with Crippen molar-refractivity contribution in [1.29, 1.82) is 0 Å². The number of hydrogen-bond acceptors (Lipinski definition) is 0. The third-order valence-electron chi connectivity index (χ3n) is 15.6. The molecule has 1 aromatic heterocycles. The van der Waals surface area contributed by atoms with Crippen LogP contribution in [-0.4, -0.2) is 14.1 Å². The van der Waals surface area contributed by atoms with Crippen molar-refractivity contribution in [2.24, 2.45) is 0 Å². The van der Waals surface area contributed by atoms with Gasteiger partial charge in [-0.15, -0.1) is 0 Å². The molecule has 0 unspecified atom stereocenters. The second-order valence-corrected chi connectivity index (χ2v) is 21.5. The predicted molar refractivity (Wildman–Crippen MR) is 311 cm³/mol. The van der Waals surface area contributed by atoms with Gasteiger partial charge in [0.05, 0.1) is 20.6 Å². The molecular formula is C70H45NSi. The first kappa shape index (κ1) is 40.8. The van der Waals surface area contributed by atoms with Crippen LogP contribution in [0.15, 0.2) is 261 Å². The van der Waals surface area contributed by atoms with Crippen LogP contribution in [0.4, 0.5) is 0 Å². The van der Waals surface area contributed by atoms with Gasteiger partial charge in [-0.25, -0.2) is 0 Å². The summed E-state index contributed by atoms with van der Waals surface area (Å²) < 4.78 is 2.51. The fourth-order valence-corrected chi connectivity index (χ4v) is 14.1. The van der Waals surface area contributed by atoms with Crippen LogP contribution in [0, 0.1) is 0 Å². The van der Waals surface area contributed by atoms with Crippen molar-refractivity contribution in [2.75, 3.05) is 0 Å². The summed E-state index contributed by atoms with van der Waals surface area (Å²) in [7, 11) is -0.758. The third kappa shape index (κ3) is 6.54. The molecule has 0 aliphatic carbocycles. The van der Waals surface area contributed by atoms with Crippen molar-refractivity contribution in [3.05, 3.63) is 261 Å². The highest BCUT2D eigenvalue weighted by atomic mass is 28.2. The zero-order chi connectivity index (χ0) is 47.3. The van der Waals surface area contributed by atoms with Crippen LogP contribution in [0.1, 0.15) is 0 Å². The molecule has 0 spiro atoms. The SMILES string of the molecule is c1ccc2c(-c3ccc(-c4ccc5c(c4)c4cc(-c6ccc(-c7cccc8ccccc78)cc6)ccc4n5-c4ccc5c(c4)[SiH2]c4cc(-c6cc7ccccc7c7ccccc67)ccc4-5)cc3)cccc2c1. The molecule has 0 saturated carbocycles. The minimum absolute atomic E-state index is 0.758. The second kappa shape index (κ2) is 16.2. The molecule has 1 aliphatic rings. The number of benzene rings is 13. The van der Waals surface area contributed by atoms with Gasteiger partial charge in [0.25, 0.3) is 0 Å². The smallest absolute Gasteiger partial charge is 0.0892 e. The molecule has 13 aromatic carbocycles. The highest BCUT2D eigenvalue weighted by molar-refractivity contribution is 6.73. The van der Waals surface area contributed by atoms with Gasteiger partial charge in [0.15, 0.2) is 0 Å². The Morgan fingerprint density at radius 2 is 0.667 bits per heavy atom. The Morgan fingerprint density at radius 3 is 1.26 bits per heavy atom. The maximum absolute atomic E-state index is 2.51. The Bertz CT molecular complexity index is 4330. The van der Waals surface area contributed by atoms with Crippen molar-refractivity contribution >= 4 is 84.8 Å². The first-order chi connectivity index (χ1) is 35.7. The summed E-state index contributed by atoms with van der Waals surface area (Å²) in [5.41, 5.74) is 18.9. The molecule has 15 rings (SSSR count). The maximum atomic E-state index is 2.51. The molecule has 0 radical (unpaired) electrons. The van der Waals surface area contributed by atoms with Crippen LogP contribution in [0.5, 0.6) is 0 Å². The van der Waals surface area contributed by atoms with Crippen molar-refractivity contribution in [3.63, 3.8) is 0 Å². The Kier molecular flexibility index (Phi) is 9.20. The van der Waals surface area contributed by atoms with Crippen LogP contribution in [0.3, 0.4) is 0 Å². The molecule has 2 heterocycles. The van der Waals surface area contributed by atoms with E-state index in [1.807, 2.05) is 0 Å². The molecule has 1 nitrogen and oxygen atoms in total. The van der Waals surface area contributed by atoms with E-state index in [1.54, 1.807) is 0 Å². The van der Waals surface area contributed by atoms with Gasteiger partial charge < -0.3 is 4.57 Å². The van der Waals surface area contributed by atoms with Gasteiger partial charge in [0, 0.05) is 16.5 Å². The average Bonchev–Trinajstić information content (AvgIpc) is 3.98. The fraction of sp³-hybridized carbons (Fsp3) is 0. The highest BCUT2D eigenvalue weighted by Gasteiger charge is 2.23. The van der Waals surface area contributed by atoms with E-state index in [2.05, 4.69) is 265 Å². The van der Waals surface area contributed by atoms with E-state index in [-0.39, 0.29) is 0 Å². The molecule has 0 amide bonds. The fourth-order valence-electron chi connectivity index (χ4n) is 12.1. The lowest BCUT2D eigenvalue weighted by molar-refractivity contribution is 1.18. The second-order valence-electron chi connectivity index (χ2n) is 19.6. The van der Waals surface area contributed by atoms with E-state index in [9.17, 15) is 0 Å². The van der Waals surface area contributed by atoms with E-state index in [4.69, 9.17) is 0 Å². The largest absolute Gasteiger partial charge is 0.309 e. The van der Waals surface area contributed by atoms with Gasteiger partial charge in [-0.3, -0.25) is 0 Å². The molecule has 14 aromatic rings. The summed E-state index contributed by atoms with van der Waals surface area (Å²) in [5, 5.41) is 15.8. The Hall–Kier alpha value is -9.08. The first-order valence-electron chi connectivity index (χ1n) is 25.1. The predicted octanol–water partition coefficient (Wildman–Crippen LogP) is 16.8. The maximum Gasteiger partial charge on any atom is 0.0892 e. The van der Waals surface area contributed by atoms with Crippen molar-refractivity contribution in [1.82, 2.24) is 4.57 Å². The molecule has 1 aliphatic heterocycles. The highest BCUT2D eigenvalue weighted by Crippen LogP contribution is 2.41. The molecular weight excluding hydrogens is 883 g/mol. The average molecular weight is 928 g/mol. The minimum Gasteiger partial charge on any atom is -0.309 e. The molecule has 2 heteroatoms. The number of rotatable bonds is 6. The summed E-state index contributed by atoms with van der Waals surface area (Å²) in [4.78, 5) is 0. The van der Waals surface area contributed by atoms with Gasteiger partial charge >= 0.3 is 0 Å². The molecule has 0 saturated heterocycles. The monoisotopic (exact) mass is 927 g/mol. The summed E-state index contributed by atoms with van der Waals surface area (Å²) >= 11 is 0. The van der Waals surface area contributed by atoms with E-state index in [0.29, 0.717) is 0 Å². The normalized spacial score (nSPS) is 12.4. The lowest BCUT2D eigenvalue weighted by Gasteiger charge is -2.12. The summed E-state index contributed by atoms with van der Waals surface area (Å²) in [6.07, 6.45) is 0. The van der Waals surface area contributed by atoms with Crippen molar-refractivity contribution in [2.45, 2.75) is 0 Å². The van der Waals surface area contributed by atoms with Crippen LogP contribution in [-0.2, 0) is 0 Å². The lowest BCUT2D eigenvalue weighted by atomic mass is 9.92. The van der Waals surface area contributed by atoms with Crippen molar-refractivity contribution < 1.29 is 0 Å². The molecule has 0 bridgehead atoms. The Labute approximate surface area is 420 Å². The van der Waals surface area contributed by atoms with Gasteiger partial charge in [-0.2, -0.15) is 0 Å². The zero-order valence-electron chi connectivity index (χ0n) is 39.5. The minimum atomic E-state index is -0.758. The Morgan fingerprint density at radius 1 is 0.222 bits per heavy atom. The van der Waals surface area contributed by atoms with Crippen molar-refractivity contribution in [3.8, 4) is 72.4 Å². The quantitative estimate of drug-likeness (QED) is 0.116. The molecule has 72 heavy (non-hydrogen) atoms. The van der Waals surface area contributed by atoms with Crippen LogP contribution >= 0.6 is 0 Å². The first-order valence-corrected chi connectivity index (χ1v) is 26.5. The van der Waals surface area contributed by atoms with Crippen LogP contribution in [0.25, 0.3) is 137 Å². The summed E-state index contributed by atoms with van der Waals surface area (Å²) in [6.45, 7) is 0. The van der Waals surface area contributed by atoms with Gasteiger partial charge in [-0.05, 0) is 152 Å². The van der Waals surface area contributed by atoms with Gasteiger partial charge in [0.2, 0.25) is 0 Å². The molecule has 0 N–H and O–H groups in total. The number of hydrogen-bond donors (Lipinski definition) is 0. The number of aromatic nitrogens is 1. The summed E-state index contributed by atoms with van der Waals surface area (Å²) in [6, 6.07) is 97.5. The summed E-state index contributed by atoms with van der Waals surface area (Å²) in [5.74, 6) is 0.